The number of carbonyl (C=O) groups excluding carboxylic acids is 1. The fourth-order valence-electron chi connectivity index (χ4n) is 2.10. The molecule has 0 fully saturated rings. The van der Waals surface area contributed by atoms with Crippen LogP contribution in [0.5, 0.6) is 5.75 Å². The van der Waals surface area contributed by atoms with Crippen molar-refractivity contribution in [3.63, 3.8) is 0 Å². The fourth-order valence-corrected chi connectivity index (χ4v) is 2.61. The molecule has 26 heavy (non-hydrogen) atoms. The smallest absolute Gasteiger partial charge is 0.253 e. The maximum absolute atomic E-state index is 12.2. The van der Waals surface area contributed by atoms with Crippen molar-refractivity contribution in [2.75, 3.05) is 25.5 Å². The van der Waals surface area contributed by atoms with E-state index in [1.165, 1.54) is 12.3 Å². The van der Waals surface area contributed by atoms with E-state index in [-0.39, 0.29) is 24.1 Å². The topological polar surface area (TPSA) is 86.5 Å². The van der Waals surface area contributed by atoms with Crippen LogP contribution in [0, 0.1) is 0 Å². The zero-order valence-electron chi connectivity index (χ0n) is 14.4. The Labute approximate surface area is 162 Å². The molecule has 140 valence electrons. The summed E-state index contributed by atoms with van der Waals surface area (Å²) in [5.41, 5.74) is 6.81. The van der Waals surface area contributed by atoms with Crippen molar-refractivity contribution < 1.29 is 14.3 Å². The highest BCUT2D eigenvalue weighted by Gasteiger charge is 2.12. The Morgan fingerprint density at radius 1 is 1.27 bits per heavy atom. The zero-order valence-corrected chi connectivity index (χ0v) is 15.9. The third-order valence-corrected chi connectivity index (χ3v) is 4.17. The third kappa shape index (κ3) is 5.76. The van der Waals surface area contributed by atoms with Crippen molar-refractivity contribution >= 4 is 34.9 Å². The molecule has 8 heteroatoms. The lowest BCUT2D eigenvalue weighted by atomic mass is 10.2. The summed E-state index contributed by atoms with van der Waals surface area (Å²) in [5, 5.41) is 3.74. The lowest BCUT2D eigenvalue weighted by Crippen LogP contribution is -2.27. The molecule has 0 aliphatic carbocycles. The van der Waals surface area contributed by atoms with Crippen molar-refractivity contribution in [1.29, 1.82) is 0 Å². The van der Waals surface area contributed by atoms with Crippen molar-refractivity contribution in [3.05, 3.63) is 51.6 Å². The first kappa shape index (κ1) is 20.3. The van der Waals surface area contributed by atoms with E-state index in [1.807, 2.05) is 6.92 Å². The lowest BCUT2D eigenvalue weighted by Gasteiger charge is -2.12. The van der Waals surface area contributed by atoms with Crippen LogP contribution in [0.25, 0.3) is 0 Å². The predicted molar refractivity (Wildman–Crippen MR) is 103 cm³/mol. The van der Waals surface area contributed by atoms with E-state index < -0.39 is 0 Å². The van der Waals surface area contributed by atoms with Gasteiger partial charge in [0, 0.05) is 35.0 Å². The van der Waals surface area contributed by atoms with Crippen molar-refractivity contribution in [3.8, 4) is 5.75 Å². The number of pyridine rings is 1. The molecule has 1 aromatic carbocycles. The van der Waals surface area contributed by atoms with Gasteiger partial charge in [-0.25, -0.2) is 4.98 Å². The van der Waals surface area contributed by atoms with Crippen LogP contribution in [0.1, 0.15) is 29.3 Å². The normalized spacial score (nSPS) is 10.6. The maximum atomic E-state index is 12.2. The average molecular weight is 398 g/mol. The number of benzene rings is 1. The van der Waals surface area contributed by atoms with Gasteiger partial charge in [-0.2, -0.15) is 0 Å². The second-order valence-corrected chi connectivity index (χ2v) is 6.28. The van der Waals surface area contributed by atoms with Crippen molar-refractivity contribution in [1.82, 2.24) is 10.3 Å². The quantitative estimate of drug-likeness (QED) is 0.629. The summed E-state index contributed by atoms with van der Waals surface area (Å²) < 4.78 is 11.0. The largest absolute Gasteiger partial charge is 0.485 e. The molecule has 0 atom stereocenters. The molecule has 6 nitrogen and oxygen atoms in total. The lowest BCUT2D eigenvalue weighted by molar-refractivity contribution is 0.0914. The number of amides is 1. The summed E-state index contributed by atoms with van der Waals surface area (Å²) >= 11 is 12.2. The van der Waals surface area contributed by atoms with Crippen LogP contribution in [0.3, 0.4) is 0 Å². The van der Waals surface area contributed by atoms with Gasteiger partial charge in [-0.05, 0) is 24.6 Å². The molecule has 0 unspecified atom stereocenters. The van der Waals surface area contributed by atoms with Crippen LogP contribution in [0.2, 0.25) is 10.0 Å². The number of ether oxygens (including phenoxy) is 2. The SMILES string of the molecule is CCCOCCNC(=O)c1cnc(N)c(OCc2c(Cl)cccc2Cl)c1. The molecule has 1 aromatic heterocycles. The highest BCUT2D eigenvalue weighted by Crippen LogP contribution is 2.27. The highest BCUT2D eigenvalue weighted by atomic mass is 35.5. The van der Waals surface area contributed by atoms with E-state index in [0.717, 1.165) is 6.42 Å². The number of nitrogens with one attached hydrogen (secondary N) is 1. The van der Waals surface area contributed by atoms with E-state index in [0.29, 0.717) is 40.9 Å². The molecule has 3 N–H and O–H groups in total. The van der Waals surface area contributed by atoms with E-state index in [2.05, 4.69) is 10.3 Å². The summed E-state index contributed by atoms with van der Waals surface area (Å²) in [7, 11) is 0. The van der Waals surface area contributed by atoms with Crippen molar-refractivity contribution in [2.24, 2.45) is 0 Å². The monoisotopic (exact) mass is 397 g/mol. The number of anilines is 1. The third-order valence-electron chi connectivity index (χ3n) is 3.46. The average Bonchev–Trinajstić information content (AvgIpc) is 2.62. The van der Waals surface area contributed by atoms with Gasteiger partial charge in [-0.3, -0.25) is 4.79 Å². The molecule has 0 aliphatic rings. The molecule has 0 saturated heterocycles. The Morgan fingerprint density at radius 2 is 2.00 bits per heavy atom. The van der Waals surface area contributed by atoms with Gasteiger partial charge in [0.05, 0.1) is 12.2 Å². The van der Waals surface area contributed by atoms with Crippen molar-refractivity contribution in [2.45, 2.75) is 20.0 Å². The minimum absolute atomic E-state index is 0.111. The van der Waals surface area contributed by atoms with Crippen LogP contribution >= 0.6 is 23.2 Å². The van der Waals surface area contributed by atoms with Gasteiger partial charge < -0.3 is 20.5 Å². The van der Waals surface area contributed by atoms with Crippen LogP contribution in [-0.4, -0.2) is 30.6 Å². The molecular weight excluding hydrogens is 377 g/mol. The number of halogens is 2. The van der Waals surface area contributed by atoms with Crippen LogP contribution in [-0.2, 0) is 11.3 Å². The van der Waals surface area contributed by atoms with Crippen LogP contribution in [0.4, 0.5) is 5.82 Å². The summed E-state index contributed by atoms with van der Waals surface area (Å²) in [5.74, 6) is 0.185. The molecule has 1 heterocycles. The first-order valence-electron chi connectivity index (χ1n) is 8.20. The molecule has 0 saturated carbocycles. The zero-order chi connectivity index (χ0) is 18.9. The molecule has 0 aliphatic heterocycles. The molecule has 0 radical (unpaired) electrons. The van der Waals surface area contributed by atoms with E-state index >= 15 is 0 Å². The Balaban J connectivity index is 1.99. The molecule has 1 amide bonds. The standard InChI is InChI=1S/C18H21Cl2N3O3/c1-2-7-25-8-6-22-18(24)12-9-16(17(21)23-10-12)26-11-13-14(19)4-3-5-15(13)20/h3-5,9-10H,2,6-8,11H2,1H3,(H2,21,23)(H,22,24). The number of aromatic nitrogens is 1. The summed E-state index contributed by atoms with van der Waals surface area (Å²) in [6.45, 7) is 3.67. The van der Waals surface area contributed by atoms with Crippen LogP contribution < -0.4 is 15.8 Å². The molecule has 2 aromatic rings. The summed E-state index contributed by atoms with van der Waals surface area (Å²) in [6, 6.07) is 6.73. The Kier molecular flexibility index (Phi) is 7.97. The van der Waals surface area contributed by atoms with Gasteiger partial charge in [-0.1, -0.05) is 36.2 Å². The van der Waals surface area contributed by atoms with Crippen LogP contribution in [0.15, 0.2) is 30.5 Å². The summed E-state index contributed by atoms with van der Waals surface area (Å²) in [6.07, 6.45) is 2.33. The van der Waals surface area contributed by atoms with Gasteiger partial charge in [0.2, 0.25) is 0 Å². The van der Waals surface area contributed by atoms with Gasteiger partial charge in [0.1, 0.15) is 6.61 Å². The first-order chi connectivity index (χ1) is 12.5. The minimum atomic E-state index is -0.279. The van der Waals surface area contributed by atoms with E-state index in [9.17, 15) is 4.79 Å². The Hall–Kier alpha value is -2.02. The van der Waals surface area contributed by atoms with Gasteiger partial charge in [-0.15, -0.1) is 0 Å². The predicted octanol–water partition coefficient (Wildman–Crippen LogP) is 3.71. The number of nitrogens with zero attached hydrogens (tertiary/aromatic N) is 1. The highest BCUT2D eigenvalue weighted by molar-refractivity contribution is 6.35. The van der Waals surface area contributed by atoms with E-state index in [1.54, 1.807) is 18.2 Å². The number of nitrogen functional groups attached to an aromatic ring is 1. The van der Waals surface area contributed by atoms with Gasteiger partial charge in [0.15, 0.2) is 11.6 Å². The number of hydrogen-bond donors (Lipinski definition) is 2. The second-order valence-electron chi connectivity index (χ2n) is 5.46. The number of hydrogen-bond acceptors (Lipinski definition) is 5. The van der Waals surface area contributed by atoms with Gasteiger partial charge >= 0.3 is 0 Å². The second kappa shape index (κ2) is 10.2. The Bertz CT molecular complexity index is 736. The summed E-state index contributed by atoms with van der Waals surface area (Å²) in [4.78, 5) is 16.2. The van der Waals surface area contributed by atoms with Gasteiger partial charge in [0.25, 0.3) is 5.91 Å². The number of nitrogens with two attached hydrogens (primary N) is 1. The number of rotatable bonds is 9. The molecule has 0 bridgehead atoms. The molecule has 2 rings (SSSR count). The Morgan fingerprint density at radius 3 is 2.69 bits per heavy atom. The first-order valence-corrected chi connectivity index (χ1v) is 8.95. The maximum Gasteiger partial charge on any atom is 0.253 e. The molecule has 0 spiro atoms. The minimum Gasteiger partial charge on any atom is -0.485 e. The van der Waals surface area contributed by atoms with E-state index in [4.69, 9.17) is 38.4 Å². The molecular formula is C18H21Cl2N3O3. The fraction of sp³-hybridized carbons (Fsp3) is 0.333. The number of carbonyl (C=O) groups is 1.